The number of hydrogen-bond donors (Lipinski definition) is 1. The van der Waals surface area contributed by atoms with Gasteiger partial charge in [-0.25, -0.2) is 9.78 Å². The summed E-state index contributed by atoms with van der Waals surface area (Å²) in [7, 11) is -1.37. The molecule has 0 aliphatic carbocycles. The monoisotopic (exact) mass is 513 g/mol. The zero-order valence-corrected chi connectivity index (χ0v) is 22.9. The van der Waals surface area contributed by atoms with E-state index in [1.165, 1.54) is 5.19 Å². The standard InChI is InChI=1S/C26H36ClN5O2Si/c1-5-21-18-31(24-23(27)16-19(17-28-24)25(33)30-12-6-7-13-30)14-15-32(21)26(34)29-20-8-10-22(11-9-20)35(2,3)4/h8-11,16-17,21H,5-7,12-15,18H2,1-4H3,(H,29,34). The average molecular weight is 514 g/mol. The summed E-state index contributed by atoms with van der Waals surface area (Å²) in [5, 5.41) is 4.91. The van der Waals surface area contributed by atoms with Gasteiger partial charge in [-0.2, -0.15) is 0 Å². The third kappa shape index (κ3) is 5.81. The Balaban J connectivity index is 1.40. The summed E-state index contributed by atoms with van der Waals surface area (Å²) in [6.07, 6.45) is 4.55. The maximum absolute atomic E-state index is 13.1. The third-order valence-corrected chi connectivity index (χ3v) is 9.32. The van der Waals surface area contributed by atoms with E-state index in [1.54, 1.807) is 12.3 Å². The molecule has 2 fully saturated rings. The van der Waals surface area contributed by atoms with E-state index in [0.29, 0.717) is 36.0 Å². The van der Waals surface area contributed by atoms with Crippen LogP contribution in [0.3, 0.4) is 0 Å². The molecule has 2 aliphatic heterocycles. The van der Waals surface area contributed by atoms with Crippen LogP contribution in [0.5, 0.6) is 0 Å². The van der Waals surface area contributed by atoms with Gasteiger partial charge in [0.05, 0.1) is 24.7 Å². The Morgan fingerprint density at radius 2 is 1.77 bits per heavy atom. The molecule has 2 saturated heterocycles. The number of nitrogens with one attached hydrogen (secondary N) is 1. The number of pyridine rings is 1. The van der Waals surface area contributed by atoms with E-state index in [-0.39, 0.29) is 18.0 Å². The first-order valence-corrected chi connectivity index (χ1v) is 16.4. The molecule has 7 nitrogen and oxygen atoms in total. The number of likely N-dealkylation sites (tertiary alicyclic amines) is 1. The van der Waals surface area contributed by atoms with E-state index < -0.39 is 8.07 Å². The lowest BCUT2D eigenvalue weighted by Crippen LogP contribution is -2.56. The van der Waals surface area contributed by atoms with Crippen molar-refractivity contribution in [2.24, 2.45) is 0 Å². The molecule has 1 N–H and O–H groups in total. The molecule has 188 valence electrons. The van der Waals surface area contributed by atoms with E-state index in [2.05, 4.69) is 53.9 Å². The molecule has 3 heterocycles. The topological polar surface area (TPSA) is 68.8 Å². The van der Waals surface area contributed by atoms with E-state index in [0.717, 1.165) is 38.0 Å². The highest BCUT2D eigenvalue weighted by atomic mass is 35.5. The Bertz CT molecular complexity index is 1070. The first-order chi connectivity index (χ1) is 16.7. The summed E-state index contributed by atoms with van der Waals surface area (Å²) in [4.78, 5) is 36.2. The molecule has 2 aliphatic rings. The highest BCUT2D eigenvalue weighted by Crippen LogP contribution is 2.28. The van der Waals surface area contributed by atoms with Crippen LogP contribution in [0.15, 0.2) is 36.5 Å². The largest absolute Gasteiger partial charge is 0.352 e. The molecular formula is C26H36ClN5O2Si. The van der Waals surface area contributed by atoms with Crippen LogP contribution in [-0.2, 0) is 0 Å². The molecule has 1 aromatic heterocycles. The van der Waals surface area contributed by atoms with E-state index in [4.69, 9.17) is 11.6 Å². The highest BCUT2D eigenvalue weighted by Gasteiger charge is 2.31. The predicted octanol–water partition coefficient (Wildman–Crippen LogP) is 4.65. The van der Waals surface area contributed by atoms with Crippen molar-refractivity contribution in [3.05, 3.63) is 47.1 Å². The van der Waals surface area contributed by atoms with Gasteiger partial charge >= 0.3 is 6.03 Å². The quantitative estimate of drug-likeness (QED) is 0.591. The molecule has 4 rings (SSSR count). The first kappa shape index (κ1) is 25.5. The lowest BCUT2D eigenvalue weighted by atomic mass is 10.1. The van der Waals surface area contributed by atoms with Crippen LogP contribution in [0.2, 0.25) is 24.7 Å². The van der Waals surface area contributed by atoms with E-state index >= 15 is 0 Å². The van der Waals surface area contributed by atoms with Crippen LogP contribution in [0.4, 0.5) is 16.3 Å². The minimum absolute atomic E-state index is 0.00532. The zero-order valence-electron chi connectivity index (χ0n) is 21.2. The lowest BCUT2D eigenvalue weighted by molar-refractivity contribution is 0.0792. The van der Waals surface area contributed by atoms with E-state index in [9.17, 15) is 9.59 Å². The number of carbonyl (C=O) groups excluding carboxylic acids is 2. The number of rotatable bonds is 5. The van der Waals surface area contributed by atoms with Crippen molar-refractivity contribution in [1.29, 1.82) is 0 Å². The normalized spacial score (nSPS) is 18.7. The molecule has 0 bridgehead atoms. The van der Waals surface area contributed by atoms with Gasteiger partial charge in [0.15, 0.2) is 0 Å². The summed E-state index contributed by atoms with van der Waals surface area (Å²) in [6, 6.07) is 9.94. The number of carbonyl (C=O) groups is 2. The van der Waals surface area contributed by atoms with Crippen molar-refractivity contribution < 1.29 is 9.59 Å². The minimum atomic E-state index is -1.37. The van der Waals surface area contributed by atoms with Crippen LogP contribution < -0.4 is 15.4 Å². The Hall–Kier alpha value is -2.58. The molecule has 1 unspecified atom stereocenters. The Kier molecular flexibility index (Phi) is 7.71. The number of piperazine rings is 1. The van der Waals surface area contributed by atoms with Crippen molar-refractivity contribution in [2.45, 2.75) is 51.9 Å². The fourth-order valence-corrected chi connectivity index (χ4v) is 6.25. The SMILES string of the molecule is CCC1CN(c2ncc(C(=O)N3CCCC3)cc2Cl)CCN1C(=O)Nc1ccc([Si](C)(C)C)cc1. The number of halogens is 1. The molecule has 35 heavy (non-hydrogen) atoms. The molecule has 0 saturated carbocycles. The Morgan fingerprint density at radius 1 is 1.09 bits per heavy atom. The van der Waals surface area contributed by atoms with Crippen LogP contribution in [0.1, 0.15) is 36.5 Å². The van der Waals surface area contributed by atoms with Gasteiger partial charge in [0, 0.05) is 44.6 Å². The van der Waals surface area contributed by atoms with Crippen molar-refractivity contribution in [3.8, 4) is 0 Å². The fraction of sp³-hybridized carbons (Fsp3) is 0.500. The number of amides is 3. The second-order valence-electron chi connectivity index (χ2n) is 10.5. The van der Waals surface area contributed by atoms with Crippen molar-refractivity contribution in [3.63, 3.8) is 0 Å². The summed E-state index contributed by atoms with van der Waals surface area (Å²) < 4.78 is 0. The molecule has 9 heteroatoms. The van der Waals surface area contributed by atoms with Gasteiger partial charge in [0.25, 0.3) is 5.91 Å². The highest BCUT2D eigenvalue weighted by molar-refractivity contribution is 6.88. The maximum Gasteiger partial charge on any atom is 0.322 e. The van der Waals surface area contributed by atoms with Gasteiger partial charge < -0.3 is 20.0 Å². The Labute approximate surface area is 214 Å². The van der Waals surface area contributed by atoms with Gasteiger partial charge in [0.1, 0.15) is 5.82 Å². The number of anilines is 2. The fourth-order valence-electron chi connectivity index (χ4n) is 4.80. The van der Waals surface area contributed by atoms with Crippen molar-refractivity contribution in [2.75, 3.05) is 42.9 Å². The molecule has 3 amide bonds. The van der Waals surface area contributed by atoms with Crippen LogP contribution in [-0.4, -0.2) is 73.6 Å². The molecular weight excluding hydrogens is 478 g/mol. The van der Waals surface area contributed by atoms with Gasteiger partial charge in [-0.3, -0.25) is 4.79 Å². The molecule has 0 spiro atoms. The van der Waals surface area contributed by atoms with Crippen molar-refractivity contribution in [1.82, 2.24) is 14.8 Å². The number of nitrogens with zero attached hydrogens (tertiary/aromatic N) is 4. The van der Waals surface area contributed by atoms with Crippen LogP contribution >= 0.6 is 11.6 Å². The number of urea groups is 1. The summed E-state index contributed by atoms with van der Waals surface area (Å²) >= 11 is 6.59. The molecule has 0 radical (unpaired) electrons. The molecule has 1 aromatic carbocycles. The zero-order chi connectivity index (χ0) is 25.2. The smallest absolute Gasteiger partial charge is 0.322 e. The summed E-state index contributed by atoms with van der Waals surface area (Å²) in [5.41, 5.74) is 1.35. The summed E-state index contributed by atoms with van der Waals surface area (Å²) in [6.45, 7) is 12.5. The van der Waals surface area contributed by atoms with E-state index in [1.807, 2.05) is 21.9 Å². The maximum atomic E-state index is 13.1. The molecule has 1 atom stereocenters. The summed E-state index contributed by atoms with van der Waals surface area (Å²) in [5.74, 6) is 0.666. The van der Waals surface area contributed by atoms with Crippen molar-refractivity contribution >= 4 is 48.3 Å². The van der Waals surface area contributed by atoms with Crippen LogP contribution in [0.25, 0.3) is 0 Å². The number of aromatic nitrogens is 1. The van der Waals surface area contributed by atoms with Gasteiger partial charge in [-0.1, -0.05) is 55.5 Å². The molecule has 2 aromatic rings. The average Bonchev–Trinajstić information content (AvgIpc) is 3.38. The number of hydrogen-bond acceptors (Lipinski definition) is 4. The second kappa shape index (κ2) is 10.6. The predicted molar refractivity (Wildman–Crippen MR) is 146 cm³/mol. The Morgan fingerprint density at radius 3 is 2.37 bits per heavy atom. The van der Waals surface area contributed by atoms with Gasteiger partial charge in [0.2, 0.25) is 0 Å². The van der Waals surface area contributed by atoms with Crippen LogP contribution in [0, 0.1) is 0 Å². The van der Waals surface area contributed by atoms with Gasteiger partial charge in [-0.15, -0.1) is 0 Å². The number of benzene rings is 1. The third-order valence-electron chi connectivity index (χ3n) is 6.98. The lowest BCUT2D eigenvalue weighted by Gasteiger charge is -2.41. The first-order valence-electron chi connectivity index (χ1n) is 12.6. The van der Waals surface area contributed by atoms with Gasteiger partial charge in [-0.05, 0) is 37.5 Å². The minimum Gasteiger partial charge on any atom is -0.352 e. The second-order valence-corrected chi connectivity index (χ2v) is 16.0.